The zero-order valence-corrected chi connectivity index (χ0v) is 16.1. The maximum atomic E-state index is 6.03. The lowest BCUT2D eigenvalue weighted by atomic mass is 9.82. The van der Waals surface area contributed by atoms with Crippen molar-refractivity contribution in [3.8, 4) is 0 Å². The summed E-state index contributed by atoms with van der Waals surface area (Å²) >= 11 is 0. The van der Waals surface area contributed by atoms with Crippen LogP contribution < -0.4 is 0 Å². The zero-order chi connectivity index (χ0) is 17.0. The Bertz CT molecular complexity index is 274. The highest BCUT2D eigenvalue weighted by atomic mass is 16.6. The number of rotatable bonds is 16. The molecular formula is C20H40O3. The fraction of sp³-hybridized carbons (Fsp3) is 1.00. The van der Waals surface area contributed by atoms with Crippen LogP contribution in [0.4, 0.5) is 0 Å². The van der Waals surface area contributed by atoms with Gasteiger partial charge in [0.2, 0.25) is 0 Å². The first-order valence-corrected chi connectivity index (χ1v) is 9.93. The van der Waals surface area contributed by atoms with Crippen LogP contribution in [0, 0.1) is 5.92 Å². The molecule has 1 heterocycles. The molecule has 0 bridgehead atoms. The highest BCUT2D eigenvalue weighted by Gasteiger charge is 2.29. The second kappa shape index (κ2) is 12.3. The van der Waals surface area contributed by atoms with E-state index >= 15 is 0 Å². The largest absolute Gasteiger partial charge is 0.379 e. The van der Waals surface area contributed by atoms with Crippen LogP contribution in [-0.4, -0.2) is 38.1 Å². The maximum absolute atomic E-state index is 6.03. The van der Waals surface area contributed by atoms with Crippen LogP contribution in [0.3, 0.4) is 0 Å². The lowest BCUT2D eigenvalue weighted by Gasteiger charge is -2.34. The Morgan fingerprint density at radius 2 is 1.65 bits per heavy atom. The maximum Gasteiger partial charge on any atom is 0.104 e. The Morgan fingerprint density at radius 1 is 1.00 bits per heavy atom. The third-order valence-corrected chi connectivity index (χ3v) is 4.95. The molecule has 1 aliphatic heterocycles. The molecule has 1 fully saturated rings. The fourth-order valence-electron chi connectivity index (χ4n) is 3.31. The molecule has 0 amide bonds. The average molecular weight is 329 g/mol. The summed E-state index contributed by atoms with van der Waals surface area (Å²) in [5.41, 5.74) is -0.0161. The predicted octanol–water partition coefficient (Wildman–Crippen LogP) is 5.36. The monoisotopic (exact) mass is 328 g/mol. The highest BCUT2D eigenvalue weighted by molar-refractivity contribution is 4.80. The van der Waals surface area contributed by atoms with Gasteiger partial charge in [-0.3, -0.25) is 0 Å². The van der Waals surface area contributed by atoms with E-state index in [1.807, 2.05) is 0 Å². The van der Waals surface area contributed by atoms with E-state index < -0.39 is 0 Å². The summed E-state index contributed by atoms with van der Waals surface area (Å²) in [7, 11) is 0. The first-order chi connectivity index (χ1) is 11.1. The second-order valence-corrected chi connectivity index (χ2v) is 7.46. The van der Waals surface area contributed by atoms with Crippen molar-refractivity contribution in [3.63, 3.8) is 0 Å². The first kappa shape index (κ1) is 20.9. The van der Waals surface area contributed by atoms with Crippen LogP contribution in [0.1, 0.15) is 85.5 Å². The molecule has 1 rings (SSSR count). The van der Waals surface area contributed by atoms with Gasteiger partial charge in [-0.25, -0.2) is 0 Å². The van der Waals surface area contributed by atoms with Gasteiger partial charge in [-0.05, 0) is 46.0 Å². The molecular weight excluding hydrogens is 288 g/mol. The first-order valence-electron chi connectivity index (χ1n) is 9.93. The van der Waals surface area contributed by atoms with Gasteiger partial charge < -0.3 is 14.2 Å². The standard InChI is InChI=1S/C20H40O3/c1-5-7-8-9-10-11-13-18(20(3,4)23-6-2)14-12-15-21-16-19-17-22-19/h18-19H,5-17H2,1-4H3/t18-,19?/m1/s1. The molecule has 0 aromatic rings. The Labute approximate surface area is 144 Å². The lowest BCUT2D eigenvalue weighted by Crippen LogP contribution is -2.35. The van der Waals surface area contributed by atoms with Crippen molar-refractivity contribution in [2.75, 3.05) is 26.4 Å². The molecule has 0 saturated carbocycles. The van der Waals surface area contributed by atoms with Crippen LogP contribution in [0.15, 0.2) is 0 Å². The molecule has 0 spiro atoms. The summed E-state index contributed by atoms with van der Waals surface area (Å²) < 4.78 is 16.9. The van der Waals surface area contributed by atoms with Gasteiger partial charge in [-0.15, -0.1) is 0 Å². The highest BCUT2D eigenvalue weighted by Crippen LogP contribution is 2.30. The van der Waals surface area contributed by atoms with Gasteiger partial charge >= 0.3 is 0 Å². The number of ether oxygens (including phenoxy) is 3. The van der Waals surface area contributed by atoms with Crippen LogP contribution >= 0.6 is 0 Å². The van der Waals surface area contributed by atoms with E-state index in [4.69, 9.17) is 14.2 Å². The minimum Gasteiger partial charge on any atom is -0.379 e. The minimum absolute atomic E-state index is 0.0161. The van der Waals surface area contributed by atoms with Crippen molar-refractivity contribution >= 4 is 0 Å². The molecule has 23 heavy (non-hydrogen) atoms. The fourth-order valence-corrected chi connectivity index (χ4v) is 3.31. The van der Waals surface area contributed by atoms with Crippen molar-refractivity contribution < 1.29 is 14.2 Å². The Kier molecular flexibility index (Phi) is 11.2. The molecule has 3 nitrogen and oxygen atoms in total. The van der Waals surface area contributed by atoms with Crippen molar-refractivity contribution in [1.82, 2.24) is 0 Å². The topological polar surface area (TPSA) is 31.0 Å². The number of hydrogen-bond donors (Lipinski definition) is 0. The van der Waals surface area contributed by atoms with Gasteiger partial charge in [0, 0.05) is 13.2 Å². The third-order valence-electron chi connectivity index (χ3n) is 4.95. The third kappa shape index (κ3) is 10.4. The molecule has 1 unspecified atom stereocenters. The summed E-state index contributed by atoms with van der Waals surface area (Å²) in [5, 5.41) is 0. The van der Waals surface area contributed by atoms with Crippen LogP contribution in [0.25, 0.3) is 0 Å². The molecule has 3 heteroatoms. The molecule has 2 atom stereocenters. The molecule has 0 N–H and O–H groups in total. The summed E-state index contributed by atoms with van der Waals surface area (Å²) in [5.74, 6) is 0.634. The summed E-state index contributed by atoms with van der Waals surface area (Å²) in [6.45, 7) is 12.2. The average Bonchev–Trinajstić information content (AvgIpc) is 3.32. The Balaban J connectivity index is 2.20. The van der Waals surface area contributed by atoms with E-state index in [1.54, 1.807) is 0 Å². The number of hydrogen-bond acceptors (Lipinski definition) is 3. The summed E-state index contributed by atoms with van der Waals surface area (Å²) in [6, 6.07) is 0. The van der Waals surface area contributed by atoms with Crippen molar-refractivity contribution in [2.24, 2.45) is 5.92 Å². The lowest BCUT2D eigenvalue weighted by molar-refractivity contribution is -0.0619. The van der Waals surface area contributed by atoms with Crippen molar-refractivity contribution in [3.05, 3.63) is 0 Å². The van der Waals surface area contributed by atoms with Crippen LogP contribution in [0.5, 0.6) is 0 Å². The van der Waals surface area contributed by atoms with E-state index in [9.17, 15) is 0 Å². The van der Waals surface area contributed by atoms with Crippen molar-refractivity contribution in [1.29, 1.82) is 0 Å². The van der Waals surface area contributed by atoms with Crippen LogP contribution in [0.2, 0.25) is 0 Å². The van der Waals surface area contributed by atoms with E-state index in [0.29, 0.717) is 12.0 Å². The smallest absolute Gasteiger partial charge is 0.104 e. The van der Waals surface area contributed by atoms with Crippen molar-refractivity contribution in [2.45, 2.75) is 97.2 Å². The van der Waals surface area contributed by atoms with Gasteiger partial charge in [-0.1, -0.05) is 45.4 Å². The summed E-state index contributed by atoms with van der Waals surface area (Å²) in [6.07, 6.45) is 12.2. The number of unbranched alkanes of at least 4 members (excludes halogenated alkanes) is 5. The van der Waals surface area contributed by atoms with Crippen LogP contribution in [-0.2, 0) is 14.2 Å². The van der Waals surface area contributed by atoms with E-state index in [0.717, 1.165) is 32.8 Å². The Morgan fingerprint density at radius 3 is 2.30 bits per heavy atom. The minimum atomic E-state index is -0.0161. The van der Waals surface area contributed by atoms with Gasteiger partial charge in [0.15, 0.2) is 0 Å². The predicted molar refractivity (Wildman–Crippen MR) is 97.0 cm³/mol. The Hall–Kier alpha value is -0.120. The van der Waals surface area contributed by atoms with Gasteiger partial charge in [0.05, 0.1) is 18.8 Å². The van der Waals surface area contributed by atoms with E-state index in [1.165, 1.54) is 51.4 Å². The zero-order valence-electron chi connectivity index (χ0n) is 16.1. The quantitative estimate of drug-likeness (QED) is 0.282. The van der Waals surface area contributed by atoms with Gasteiger partial charge in [0.1, 0.15) is 6.10 Å². The molecule has 0 radical (unpaired) electrons. The summed E-state index contributed by atoms with van der Waals surface area (Å²) in [4.78, 5) is 0. The molecule has 1 saturated heterocycles. The number of epoxide rings is 1. The second-order valence-electron chi connectivity index (χ2n) is 7.46. The molecule has 0 aromatic heterocycles. The van der Waals surface area contributed by atoms with Gasteiger partial charge in [0.25, 0.3) is 0 Å². The molecule has 0 aliphatic carbocycles. The molecule has 1 aliphatic rings. The van der Waals surface area contributed by atoms with E-state index in [-0.39, 0.29) is 5.60 Å². The normalized spacial score (nSPS) is 19.0. The SMILES string of the molecule is CCCCCCCC[C@H](CCCOCC1CO1)C(C)(C)OCC. The van der Waals surface area contributed by atoms with E-state index in [2.05, 4.69) is 27.7 Å². The molecule has 138 valence electrons. The van der Waals surface area contributed by atoms with Gasteiger partial charge in [-0.2, -0.15) is 0 Å². The molecule has 0 aromatic carbocycles.